The van der Waals surface area contributed by atoms with Gasteiger partial charge in [0.15, 0.2) is 5.65 Å². The first kappa shape index (κ1) is 18.9. The molecule has 29 heavy (non-hydrogen) atoms. The molecular formula is C19H20N8OS. The minimum Gasteiger partial charge on any atom is -0.480 e. The number of fused-ring (bicyclic) bond motifs is 1. The van der Waals surface area contributed by atoms with E-state index in [0.717, 1.165) is 33.3 Å². The van der Waals surface area contributed by atoms with Gasteiger partial charge in [0, 0.05) is 37.3 Å². The van der Waals surface area contributed by atoms with Gasteiger partial charge in [-0.2, -0.15) is 9.47 Å². The van der Waals surface area contributed by atoms with Crippen LogP contribution in [0.5, 0.6) is 0 Å². The van der Waals surface area contributed by atoms with Crippen molar-refractivity contribution in [2.45, 2.75) is 20.4 Å². The van der Waals surface area contributed by atoms with Crippen LogP contribution in [-0.4, -0.2) is 55.3 Å². The van der Waals surface area contributed by atoms with Crippen LogP contribution in [0.2, 0.25) is 0 Å². The van der Waals surface area contributed by atoms with Crippen LogP contribution in [0.15, 0.2) is 34.6 Å². The van der Waals surface area contributed by atoms with Crippen molar-refractivity contribution in [3.63, 3.8) is 0 Å². The van der Waals surface area contributed by atoms with Gasteiger partial charge < -0.3 is 9.30 Å². The normalized spacial score (nSPS) is 11.9. The van der Waals surface area contributed by atoms with Crippen molar-refractivity contribution in [3.05, 3.63) is 46.9 Å². The lowest BCUT2D eigenvalue weighted by atomic mass is 10.1. The third kappa shape index (κ3) is 3.31. The van der Waals surface area contributed by atoms with Crippen molar-refractivity contribution >= 4 is 35.3 Å². The standard InChI is InChI=1S/C19H20N8OS/c1-11-23-16(29-25-11)10-26-12(2)24-18-15(26)8-13(9-22-18)14-6-7-27(21-4)17(14)19(20-3)28-5/h6-9H,4,10H2,1-3,5H3. The summed E-state index contributed by atoms with van der Waals surface area (Å²) < 4.78 is 13.4. The molecular weight excluding hydrogens is 388 g/mol. The number of hydrogen-bond donors (Lipinski definition) is 0. The third-order valence-corrected chi connectivity index (χ3v) is 5.38. The molecule has 0 aliphatic rings. The monoisotopic (exact) mass is 408 g/mol. The SMILES string of the molecule is C=Nn1ccc(-c2cnc3nc(C)n(Cc4nc(C)ns4)c3c2)c1C(=NC)OC. The van der Waals surface area contributed by atoms with Crippen LogP contribution < -0.4 is 0 Å². The largest absolute Gasteiger partial charge is 0.480 e. The first-order valence-electron chi connectivity index (χ1n) is 8.87. The minimum atomic E-state index is 0.464. The number of aryl methyl sites for hydroxylation is 2. The second-order valence-electron chi connectivity index (χ2n) is 6.34. The van der Waals surface area contributed by atoms with Gasteiger partial charge in [0.2, 0.25) is 5.90 Å². The Kier molecular flexibility index (Phi) is 4.93. The van der Waals surface area contributed by atoms with Gasteiger partial charge in [0.05, 0.1) is 19.2 Å². The fraction of sp³-hybridized carbons (Fsp3) is 0.263. The maximum atomic E-state index is 5.43. The van der Waals surface area contributed by atoms with Crippen molar-refractivity contribution in [1.29, 1.82) is 0 Å². The highest BCUT2D eigenvalue weighted by atomic mass is 32.1. The average molecular weight is 408 g/mol. The molecule has 0 N–H and O–H groups in total. The van der Waals surface area contributed by atoms with Gasteiger partial charge in [-0.15, -0.1) is 0 Å². The number of hydrogen-bond acceptors (Lipinski definition) is 8. The van der Waals surface area contributed by atoms with Crippen LogP contribution in [0.4, 0.5) is 0 Å². The Balaban J connectivity index is 1.85. The molecule has 0 spiro atoms. The number of aromatic nitrogens is 6. The molecule has 0 amide bonds. The Bertz CT molecular complexity index is 1230. The molecule has 4 aromatic rings. The maximum absolute atomic E-state index is 5.43. The number of pyridine rings is 1. The first-order valence-corrected chi connectivity index (χ1v) is 9.65. The van der Waals surface area contributed by atoms with Crippen LogP contribution in [0.25, 0.3) is 22.3 Å². The molecule has 148 valence electrons. The van der Waals surface area contributed by atoms with E-state index >= 15 is 0 Å². The van der Waals surface area contributed by atoms with Gasteiger partial charge in [0.1, 0.15) is 22.4 Å². The molecule has 4 rings (SSSR count). The van der Waals surface area contributed by atoms with E-state index in [4.69, 9.17) is 4.74 Å². The van der Waals surface area contributed by atoms with Gasteiger partial charge in [-0.3, -0.25) is 4.99 Å². The van der Waals surface area contributed by atoms with E-state index < -0.39 is 0 Å². The van der Waals surface area contributed by atoms with Crippen molar-refractivity contribution in [3.8, 4) is 11.1 Å². The van der Waals surface area contributed by atoms with E-state index in [0.29, 0.717) is 23.8 Å². The molecule has 0 fully saturated rings. The van der Waals surface area contributed by atoms with E-state index in [9.17, 15) is 0 Å². The van der Waals surface area contributed by atoms with Crippen molar-refractivity contribution in [2.24, 2.45) is 10.1 Å². The summed E-state index contributed by atoms with van der Waals surface area (Å²) in [6, 6.07) is 4.00. The lowest BCUT2D eigenvalue weighted by molar-refractivity contribution is 0.401. The quantitative estimate of drug-likeness (QED) is 0.374. The van der Waals surface area contributed by atoms with Gasteiger partial charge in [-0.1, -0.05) is 0 Å². The van der Waals surface area contributed by atoms with E-state index in [-0.39, 0.29) is 0 Å². The highest BCUT2D eigenvalue weighted by Crippen LogP contribution is 2.28. The average Bonchev–Trinajstić information content (AvgIpc) is 3.41. The Labute approximate surface area is 171 Å². The Morgan fingerprint density at radius 3 is 2.79 bits per heavy atom. The predicted molar refractivity (Wildman–Crippen MR) is 114 cm³/mol. The fourth-order valence-corrected chi connectivity index (χ4v) is 3.92. The summed E-state index contributed by atoms with van der Waals surface area (Å²) in [5.74, 6) is 2.11. The summed E-state index contributed by atoms with van der Waals surface area (Å²) in [5.41, 5.74) is 4.12. The molecule has 4 heterocycles. The topological polar surface area (TPSA) is 95.4 Å². The van der Waals surface area contributed by atoms with Crippen LogP contribution in [-0.2, 0) is 11.3 Å². The minimum absolute atomic E-state index is 0.464. The number of rotatable bonds is 5. The number of methoxy groups -OCH3 is 1. The second-order valence-corrected chi connectivity index (χ2v) is 7.18. The highest BCUT2D eigenvalue weighted by Gasteiger charge is 2.19. The third-order valence-electron chi connectivity index (χ3n) is 4.59. The van der Waals surface area contributed by atoms with Crippen LogP contribution >= 0.6 is 11.5 Å². The van der Waals surface area contributed by atoms with Gasteiger partial charge in [-0.05, 0) is 37.5 Å². The molecule has 0 radical (unpaired) electrons. The van der Waals surface area contributed by atoms with Gasteiger partial charge in [-0.25, -0.2) is 19.6 Å². The van der Waals surface area contributed by atoms with Gasteiger partial charge in [0.25, 0.3) is 0 Å². The van der Waals surface area contributed by atoms with E-state index in [2.05, 4.69) is 46.8 Å². The molecule has 0 bridgehead atoms. The zero-order valence-corrected chi connectivity index (χ0v) is 17.4. The Morgan fingerprint density at radius 1 is 1.31 bits per heavy atom. The number of ether oxygens (including phenoxy) is 1. The summed E-state index contributed by atoms with van der Waals surface area (Å²) in [5, 5.41) is 4.96. The van der Waals surface area contributed by atoms with Crippen molar-refractivity contribution in [2.75, 3.05) is 14.2 Å². The first-order chi connectivity index (χ1) is 14.0. The zero-order valence-electron chi connectivity index (χ0n) is 16.6. The van der Waals surface area contributed by atoms with Crippen LogP contribution in [0.1, 0.15) is 22.4 Å². The van der Waals surface area contributed by atoms with E-state index in [1.54, 1.807) is 25.0 Å². The lowest BCUT2D eigenvalue weighted by Crippen LogP contribution is -2.10. The second kappa shape index (κ2) is 7.55. The molecule has 0 saturated heterocycles. The Hall–Kier alpha value is -3.40. The molecule has 0 aliphatic heterocycles. The summed E-state index contributed by atoms with van der Waals surface area (Å²) in [4.78, 5) is 17.9. The Morgan fingerprint density at radius 2 is 2.14 bits per heavy atom. The maximum Gasteiger partial charge on any atom is 0.235 e. The summed E-state index contributed by atoms with van der Waals surface area (Å²) in [7, 11) is 3.25. The lowest BCUT2D eigenvalue weighted by Gasteiger charge is -2.09. The highest BCUT2D eigenvalue weighted by molar-refractivity contribution is 7.05. The summed E-state index contributed by atoms with van der Waals surface area (Å²) >= 11 is 1.40. The molecule has 10 heteroatoms. The fourth-order valence-electron chi connectivity index (χ4n) is 3.28. The smallest absolute Gasteiger partial charge is 0.235 e. The molecule has 0 aromatic carbocycles. The van der Waals surface area contributed by atoms with Crippen molar-refractivity contribution < 1.29 is 4.74 Å². The zero-order chi connectivity index (χ0) is 20.5. The molecule has 9 nitrogen and oxygen atoms in total. The van der Waals surface area contributed by atoms with E-state index in [1.165, 1.54) is 11.5 Å². The number of nitrogens with zero attached hydrogens (tertiary/aromatic N) is 8. The van der Waals surface area contributed by atoms with E-state index in [1.807, 2.05) is 26.1 Å². The number of imidazole rings is 1. The predicted octanol–water partition coefficient (Wildman–Crippen LogP) is 2.90. The molecule has 4 aromatic heterocycles. The van der Waals surface area contributed by atoms with Crippen LogP contribution in [0.3, 0.4) is 0 Å². The molecule has 0 aliphatic carbocycles. The van der Waals surface area contributed by atoms with Crippen molar-refractivity contribution in [1.82, 2.24) is 28.6 Å². The van der Waals surface area contributed by atoms with Gasteiger partial charge >= 0.3 is 0 Å². The summed E-state index contributed by atoms with van der Waals surface area (Å²) in [6.07, 6.45) is 3.61. The number of aliphatic imine (C=N–C) groups is 1. The molecule has 0 atom stereocenters. The molecule has 0 saturated carbocycles. The van der Waals surface area contributed by atoms with Crippen LogP contribution in [0, 0.1) is 13.8 Å². The summed E-state index contributed by atoms with van der Waals surface area (Å²) in [6.45, 7) is 8.08. The molecule has 0 unspecified atom stereocenters.